The Kier molecular flexibility index (Phi) is 2.10. The summed E-state index contributed by atoms with van der Waals surface area (Å²) in [5.41, 5.74) is 0.539. The maximum atomic E-state index is 11.1. The van der Waals surface area contributed by atoms with Crippen LogP contribution in [-0.2, 0) is 17.6 Å². The van der Waals surface area contributed by atoms with Gasteiger partial charge >= 0.3 is 5.97 Å². The van der Waals surface area contributed by atoms with Crippen LogP contribution in [-0.4, -0.2) is 16.1 Å². The third kappa shape index (κ3) is 1.43. The van der Waals surface area contributed by atoms with Gasteiger partial charge in [0.1, 0.15) is 0 Å². The first-order chi connectivity index (χ1) is 6.51. The van der Waals surface area contributed by atoms with Gasteiger partial charge in [-0.3, -0.25) is 4.79 Å². The molecule has 0 saturated carbocycles. The summed E-state index contributed by atoms with van der Waals surface area (Å²) in [6.45, 7) is 3.80. The van der Waals surface area contributed by atoms with E-state index in [-0.39, 0.29) is 0 Å². The molecule has 1 N–H and O–H groups in total. The molecule has 0 amide bonds. The molecule has 76 valence electrons. The summed E-state index contributed by atoms with van der Waals surface area (Å²) in [4.78, 5) is 16.6. The zero-order valence-electron chi connectivity index (χ0n) is 8.33. The smallest absolute Gasteiger partial charge is 0.309 e. The van der Waals surface area contributed by atoms with Gasteiger partial charge in [-0.25, -0.2) is 4.98 Å². The molecule has 1 unspecified atom stereocenters. The lowest BCUT2D eigenvalue weighted by molar-refractivity contribution is -0.148. The number of carbonyl (C=O) groups is 1. The van der Waals surface area contributed by atoms with Crippen LogP contribution in [0, 0.1) is 12.3 Å². The van der Waals surface area contributed by atoms with Gasteiger partial charge in [0.2, 0.25) is 0 Å². The van der Waals surface area contributed by atoms with Crippen LogP contribution in [0.4, 0.5) is 0 Å². The van der Waals surface area contributed by atoms with Crippen LogP contribution in [0.5, 0.6) is 0 Å². The second kappa shape index (κ2) is 3.05. The average molecular weight is 211 g/mol. The fraction of sp³-hybridized carbons (Fsp3) is 0.600. The third-order valence-electron chi connectivity index (χ3n) is 2.87. The molecule has 0 radical (unpaired) electrons. The number of fused-ring (bicyclic) bond motifs is 1. The van der Waals surface area contributed by atoms with Gasteiger partial charge in [-0.1, -0.05) is 0 Å². The number of aromatic nitrogens is 1. The van der Waals surface area contributed by atoms with Gasteiger partial charge in [-0.15, -0.1) is 11.3 Å². The van der Waals surface area contributed by atoms with E-state index in [1.54, 1.807) is 11.3 Å². The van der Waals surface area contributed by atoms with Crippen molar-refractivity contribution in [3.05, 3.63) is 15.6 Å². The molecule has 0 saturated heterocycles. The van der Waals surface area contributed by atoms with Crippen LogP contribution < -0.4 is 0 Å². The SMILES string of the molecule is Cc1nc2c(s1)CC(C)(C(=O)O)CC2. The van der Waals surface area contributed by atoms with Gasteiger partial charge in [0, 0.05) is 4.88 Å². The van der Waals surface area contributed by atoms with Gasteiger partial charge in [0.05, 0.1) is 16.1 Å². The second-order valence-corrected chi connectivity index (χ2v) is 5.43. The van der Waals surface area contributed by atoms with E-state index >= 15 is 0 Å². The van der Waals surface area contributed by atoms with Gasteiger partial charge in [-0.05, 0) is 33.1 Å². The Bertz CT molecular complexity index is 385. The fourth-order valence-corrected chi connectivity index (χ4v) is 3.03. The molecular weight excluding hydrogens is 198 g/mol. The lowest BCUT2D eigenvalue weighted by Crippen LogP contribution is -2.33. The van der Waals surface area contributed by atoms with Crippen molar-refractivity contribution in [3.8, 4) is 0 Å². The lowest BCUT2D eigenvalue weighted by atomic mass is 9.77. The third-order valence-corrected chi connectivity index (χ3v) is 3.88. The summed E-state index contributed by atoms with van der Waals surface area (Å²) < 4.78 is 0. The van der Waals surface area contributed by atoms with Crippen molar-refractivity contribution < 1.29 is 9.90 Å². The number of rotatable bonds is 1. The molecule has 1 heterocycles. The van der Waals surface area contributed by atoms with Crippen LogP contribution >= 0.6 is 11.3 Å². The molecule has 1 atom stereocenters. The summed E-state index contributed by atoms with van der Waals surface area (Å²) >= 11 is 1.64. The highest BCUT2D eigenvalue weighted by Crippen LogP contribution is 2.37. The van der Waals surface area contributed by atoms with Crippen molar-refractivity contribution in [3.63, 3.8) is 0 Å². The molecule has 0 aliphatic heterocycles. The first kappa shape index (κ1) is 9.65. The van der Waals surface area contributed by atoms with E-state index in [4.69, 9.17) is 5.11 Å². The van der Waals surface area contributed by atoms with Crippen LogP contribution in [0.3, 0.4) is 0 Å². The first-order valence-corrected chi connectivity index (χ1v) is 5.51. The quantitative estimate of drug-likeness (QED) is 0.773. The van der Waals surface area contributed by atoms with Crippen molar-refractivity contribution >= 4 is 17.3 Å². The van der Waals surface area contributed by atoms with Gasteiger partial charge in [0.25, 0.3) is 0 Å². The summed E-state index contributed by atoms with van der Waals surface area (Å²) in [6, 6.07) is 0. The highest BCUT2D eigenvalue weighted by molar-refractivity contribution is 7.11. The molecule has 2 rings (SSSR count). The van der Waals surface area contributed by atoms with E-state index in [1.807, 2.05) is 13.8 Å². The van der Waals surface area contributed by atoms with Crippen molar-refractivity contribution in [2.24, 2.45) is 5.41 Å². The summed E-state index contributed by atoms with van der Waals surface area (Å²) in [5, 5.41) is 10.2. The maximum Gasteiger partial charge on any atom is 0.309 e. The van der Waals surface area contributed by atoms with Crippen LogP contribution in [0.2, 0.25) is 0 Å². The number of nitrogens with zero attached hydrogens (tertiary/aromatic N) is 1. The molecule has 1 aromatic rings. The normalized spacial score (nSPS) is 25.9. The zero-order chi connectivity index (χ0) is 10.3. The van der Waals surface area contributed by atoms with E-state index in [2.05, 4.69) is 4.98 Å². The Morgan fingerprint density at radius 1 is 1.64 bits per heavy atom. The zero-order valence-corrected chi connectivity index (χ0v) is 9.15. The predicted octanol–water partition coefficient (Wildman–Crippen LogP) is 2.03. The summed E-state index contributed by atoms with van der Waals surface area (Å²) in [5.74, 6) is -0.686. The van der Waals surface area contributed by atoms with Gasteiger partial charge < -0.3 is 5.11 Å². The minimum absolute atomic E-state index is 0.577. The molecule has 4 heteroatoms. The molecule has 14 heavy (non-hydrogen) atoms. The van der Waals surface area contributed by atoms with E-state index in [0.29, 0.717) is 12.8 Å². The number of hydrogen-bond donors (Lipinski definition) is 1. The summed E-state index contributed by atoms with van der Waals surface area (Å²) in [7, 11) is 0. The number of carboxylic acids is 1. The van der Waals surface area contributed by atoms with Crippen LogP contribution in [0.1, 0.15) is 28.9 Å². The molecule has 1 aliphatic carbocycles. The van der Waals surface area contributed by atoms with Crippen LogP contribution in [0.25, 0.3) is 0 Å². The van der Waals surface area contributed by atoms with E-state index in [1.165, 1.54) is 4.88 Å². The predicted molar refractivity (Wildman–Crippen MR) is 54.6 cm³/mol. The standard InChI is InChI=1S/C10H13NO2S/c1-6-11-7-3-4-10(2,9(12)13)5-8(7)14-6/h3-5H2,1-2H3,(H,12,13). The van der Waals surface area contributed by atoms with E-state index in [9.17, 15) is 4.79 Å². The first-order valence-electron chi connectivity index (χ1n) is 4.70. The molecule has 1 aliphatic rings. The largest absolute Gasteiger partial charge is 0.481 e. The topological polar surface area (TPSA) is 50.2 Å². The van der Waals surface area contributed by atoms with E-state index < -0.39 is 11.4 Å². The average Bonchev–Trinajstić information content (AvgIpc) is 2.43. The van der Waals surface area contributed by atoms with Crippen molar-refractivity contribution in [1.82, 2.24) is 4.98 Å². The van der Waals surface area contributed by atoms with Gasteiger partial charge in [-0.2, -0.15) is 0 Å². The molecule has 0 bridgehead atoms. The minimum Gasteiger partial charge on any atom is -0.481 e. The molecule has 0 fully saturated rings. The molecular formula is C10H13NO2S. The molecule has 3 nitrogen and oxygen atoms in total. The van der Waals surface area contributed by atoms with Crippen molar-refractivity contribution in [1.29, 1.82) is 0 Å². The van der Waals surface area contributed by atoms with E-state index in [0.717, 1.165) is 17.1 Å². The number of aliphatic carboxylic acids is 1. The minimum atomic E-state index is -0.686. The number of carboxylic acid groups (broad SMARTS) is 1. The maximum absolute atomic E-state index is 11.1. The highest BCUT2D eigenvalue weighted by Gasteiger charge is 2.38. The monoisotopic (exact) mass is 211 g/mol. The number of hydrogen-bond acceptors (Lipinski definition) is 3. The van der Waals surface area contributed by atoms with Crippen molar-refractivity contribution in [2.45, 2.75) is 33.1 Å². The number of aryl methyl sites for hydroxylation is 2. The van der Waals surface area contributed by atoms with Gasteiger partial charge in [0.15, 0.2) is 0 Å². The second-order valence-electron chi connectivity index (χ2n) is 4.15. The Labute approximate surface area is 86.8 Å². The molecule has 0 aromatic carbocycles. The van der Waals surface area contributed by atoms with Crippen LogP contribution in [0.15, 0.2) is 0 Å². The Morgan fingerprint density at radius 2 is 2.36 bits per heavy atom. The lowest BCUT2D eigenvalue weighted by Gasteiger charge is -2.28. The highest BCUT2D eigenvalue weighted by atomic mass is 32.1. The Hall–Kier alpha value is -0.900. The molecule has 0 spiro atoms. The Balaban J connectivity index is 2.33. The number of thiazole rings is 1. The summed E-state index contributed by atoms with van der Waals surface area (Å²) in [6.07, 6.45) is 2.16. The van der Waals surface area contributed by atoms with Crippen molar-refractivity contribution in [2.75, 3.05) is 0 Å². The fourth-order valence-electron chi connectivity index (χ4n) is 1.87. The molecule has 1 aromatic heterocycles. The Morgan fingerprint density at radius 3 is 3.00 bits per heavy atom.